The van der Waals surface area contributed by atoms with Gasteiger partial charge in [-0.15, -0.1) is 0 Å². The van der Waals surface area contributed by atoms with Gasteiger partial charge in [-0.3, -0.25) is 9.36 Å². The molecule has 0 saturated carbocycles. The van der Waals surface area contributed by atoms with Gasteiger partial charge in [-0.05, 0) is 49.9 Å². The van der Waals surface area contributed by atoms with Crippen molar-refractivity contribution >= 4 is 5.91 Å². The van der Waals surface area contributed by atoms with Crippen molar-refractivity contribution in [1.29, 1.82) is 0 Å². The molecule has 0 radical (unpaired) electrons. The first-order chi connectivity index (χ1) is 13.3. The average Bonchev–Trinajstić information content (AvgIpc) is 3.11. The first kappa shape index (κ1) is 17.3. The topological polar surface area (TPSA) is 56.1 Å². The van der Waals surface area contributed by atoms with Crippen molar-refractivity contribution < 1.29 is 9.53 Å². The lowest BCUT2D eigenvalue weighted by Gasteiger charge is -2.16. The molecule has 1 aliphatic carbocycles. The number of amides is 1. The highest BCUT2D eigenvalue weighted by molar-refractivity contribution is 5.96. The van der Waals surface area contributed by atoms with Gasteiger partial charge in [0.15, 0.2) is 0 Å². The van der Waals surface area contributed by atoms with Gasteiger partial charge in [0, 0.05) is 11.4 Å². The molecule has 5 nitrogen and oxygen atoms in total. The summed E-state index contributed by atoms with van der Waals surface area (Å²) in [6.45, 7) is 0.374. The van der Waals surface area contributed by atoms with Gasteiger partial charge in [0.25, 0.3) is 5.91 Å². The van der Waals surface area contributed by atoms with Gasteiger partial charge in [-0.25, -0.2) is 4.98 Å². The maximum Gasteiger partial charge on any atom is 0.255 e. The van der Waals surface area contributed by atoms with Crippen molar-refractivity contribution in [2.24, 2.45) is 0 Å². The number of nitrogens with one attached hydrogen (secondary N) is 1. The van der Waals surface area contributed by atoms with Crippen LogP contribution in [-0.2, 0) is 19.4 Å². The van der Waals surface area contributed by atoms with Crippen LogP contribution in [0.1, 0.15) is 40.4 Å². The van der Waals surface area contributed by atoms with Crippen LogP contribution < -0.4 is 10.1 Å². The number of aromatic nitrogens is 2. The maximum atomic E-state index is 12.7. The van der Waals surface area contributed by atoms with E-state index in [1.807, 2.05) is 30.3 Å². The first-order valence-corrected chi connectivity index (χ1v) is 9.34. The van der Waals surface area contributed by atoms with Gasteiger partial charge in [0.2, 0.25) is 0 Å². The number of carbonyl (C=O) groups is 1. The maximum absolute atomic E-state index is 12.7. The fourth-order valence-electron chi connectivity index (χ4n) is 3.68. The Kier molecular flexibility index (Phi) is 4.92. The molecule has 0 bridgehead atoms. The van der Waals surface area contributed by atoms with Gasteiger partial charge in [0.1, 0.15) is 11.6 Å². The summed E-state index contributed by atoms with van der Waals surface area (Å²) in [5.41, 5.74) is 4.05. The molecule has 5 heteroatoms. The molecule has 0 spiro atoms. The molecule has 3 aromatic rings. The molecule has 1 amide bonds. The van der Waals surface area contributed by atoms with Crippen molar-refractivity contribution in [3.63, 3.8) is 0 Å². The summed E-state index contributed by atoms with van der Waals surface area (Å²) in [6.07, 6.45) is 4.38. The summed E-state index contributed by atoms with van der Waals surface area (Å²) in [4.78, 5) is 17.5. The van der Waals surface area contributed by atoms with Crippen molar-refractivity contribution in [1.82, 2.24) is 14.9 Å². The third-order valence-electron chi connectivity index (χ3n) is 4.98. The van der Waals surface area contributed by atoms with Crippen LogP contribution in [0.2, 0.25) is 0 Å². The van der Waals surface area contributed by atoms with E-state index in [4.69, 9.17) is 9.72 Å². The Morgan fingerprint density at radius 2 is 1.81 bits per heavy atom. The minimum absolute atomic E-state index is 0.159. The average molecular weight is 361 g/mol. The molecule has 0 saturated heterocycles. The Bertz CT molecular complexity index is 947. The summed E-state index contributed by atoms with van der Waals surface area (Å²) >= 11 is 0. The Morgan fingerprint density at radius 1 is 1.07 bits per heavy atom. The lowest BCUT2D eigenvalue weighted by molar-refractivity contribution is 0.0946. The lowest BCUT2D eigenvalue weighted by Crippen LogP contribution is -2.25. The molecule has 0 aliphatic heterocycles. The predicted molar refractivity (Wildman–Crippen MR) is 104 cm³/mol. The molecule has 27 heavy (non-hydrogen) atoms. The van der Waals surface area contributed by atoms with E-state index in [-0.39, 0.29) is 5.91 Å². The third-order valence-corrected chi connectivity index (χ3v) is 4.98. The molecule has 1 aliphatic rings. The Balaban J connectivity index is 1.62. The minimum atomic E-state index is -0.159. The highest BCUT2D eigenvalue weighted by Gasteiger charge is 2.21. The van der Waals surface area contributed by atoms with E-state index in [1.54, 1.807) is 19.2 Å². The Hall–Kier alpha value is -3.08. The molecule has 1 heterocycles. The van der Waals surface area contributed by atoms with E-state index in [0.717, 1.165) is 30.0 Å². The van der Waals surface area contributed by atoms with E-state index in [0.29, 0.717) is 17.9 Å². The van der Waals surface area contributed by atoms with Gasteiger partial charge < -0.3 is 10.1 Å². The highest BCUT2D eigenvalue weighted by Crippen LogP contribution is 2.26. The zero-order valence-electron chi connectivity index (χ0n) is 15.4. The van der Waals surface area contributed by atoms with Crippen LogP contribution in [0.15, 0.2) is 54.6 Å². The second kappa shape index (κ2) is 7.66. The Morgan fingerprint density at radius 3 is 2.63 bits per heavy atom. The SMILES string of the molecule is COc1ccccc1C(=O)NCc1nc2c(n1-c1ccccc1)CCCC2. The molecule has 2 aromatic carbocycles. The molecule has 0 atom stereocenters. The number of carbonyl (C=O) groups excluding carboxylic acids is 1. The summed E-state index contributed by atoms with van der Waals surface area (Å²) < 4.78 is 7.50. The van der Waals surface area contributed by atoms with Gasteiger partial charge in [-0.1, -0.05) is 30.3 Å². The highest BCUT2D eigenvalue weighted by atomic mass is 16.5. The van der Waals surface area contributed by atoms with Crippen LogP contribution in [0.4, 0.5) is 0 Å². The first-order valence-electron chi connectivity index (χ1n) is 9.34. The van der Waals surface area contributed by atoms with Crippen molar-refractivity contribution in [2.75, 3.05) is 7.11 Å². The van der Waals surface area contributed by atoms with Crippen LogP contribution in [0.25, 0.3) is 5.69 Å². The smallest absolute Gasteiger partial charge is 0.255 e. The number of hydrogen-bond acceptors (Lipinski definition) is 3. The van der Waals surface area contributed by atoms with E-state index < -0.39 is 0 Å². The van der Waals surface area contributed by atoms with Crippen LogP contribution >= 0.6 is 0 Å². The number of methoxy groups -OCH3 is 1. The number of aryl methyl sites for hydroxylation is 1. The molecule has 0 unspecified atom stereocenters. The van der Waals surface area contributed by atoms with Gasteiger partial charge >= 0.3 is 0 Å². The molecular formula is C22H23N3O2. The number of fused-ring (bicyclic) bond motifs is 1. The van der Waals surface area contributed by atoms with E-state index in [9.17, 15) is 4.79 Å². The van der Waals surface area contributed by atoms with E-state index in [2.05, 4.69) is 22.0 Å². The summed E-state index contributed by atoms with van der Waals surface area (Å²) in [5, 5.41) is 3.01. The Labute approximate surface area is 159 Å². The largest absolute Gasteiger partial charge is 0.496 e. The van der Waals surface area contributed by atoms with E-state index >= 15 is 0 Å². The van der Waals surface area contributed by atoms with Gasteiger partial charge in [0.05, 0.1) is 24.9 Å². The molecule has 1 aromatic heterocycles. The van der Waals surface area contributed by atoms with Crippen LogP contribution in [-0.4, -0.2) is 22.6 Å². The number of ether oxygens (including phenoxy) is 1. The normalized spacial score (nSPS) is 13.1. The second-order valence-corrected chi connectivity index (χ2v) is 6.68. The number of rotatable bonds is 5. The van der Waals surface area contributed by atoms with Crippen molar-refractivity contribution in [3.05, 3.63) is 77.4 Å². The number of imidazole rings is 1. The molecular weight excluding hydrogens is 338 g/mol. The van der Waals surface area contributed by atoms with Gasteiger partial charge in [-0.2, -0.15) is 0 Å². The van der Waals surface area contributed by atoms with Crippen molar-refractivity contribution in [2.45, 2.75) is 32.2 Å². The monoisotopic (exact) mass is 361 g/mol. The fourth-order valence-corrected chi connectivity index (χ4v) is 3.68. The quantitative estimate of drug-likeness (QED) is 0.754. The standard InChI is InChI=1S/C22H23N3O2/c1-27-20-14-8-5-11-17(20)22(26)23-15-21-24-18-12-6-7-13-19(18)25(21)16-9-3-2-4-10-16/h2-5,8-11,14H,6-7,12-13,15H2,1H3,(H,23,26). The summed E-state index contributed by atoms with van der Waals surface area (Å²) in [5.74, 6) is 1.28. The van der Waals surface area contributed by atoms with Crippen molar-refractivity contribution in [3.8, 4) is 11.4 Å². The van der Waals surface area contributed by atoms with E-state index in [1.165, 1.54) is 18.5 Å². The molecule has 138 valence electrons. The molecule has 0 fully saturated rings. The second-order valence-electron chi connectivity index (χ2n) is 6.68. The number of para-hydroxylation sites is 2. The molecule has 1 N–H and O–H groups in total. The minimum Gasteiger partial charge on any atom is -0.496 e. The lowest BCUT2D eigenvalue weighted by atomic mass is 10.0. The predicted octanol–water partition coefficient (Wildman–Crippen LogP) is 3.69. The molecule has 4 rings (SSSR count). The third kappa shape index (κ3) is 3.45. The summed E-state index contributed by atoms with van der Waals surface area (Å²) in [6, 6.07) is 17.5. The van der Waals surface area contributed by atoms with Crippen LogP contribution in [0, 0.1) is 0 Å². The zero-order valence-corrected chi connectivity index (χ0v) is 15.4. The number of nitrogens with zero attached hydrogens (tertiary/aromatic N) is 2. The fraction of sp³-hybridized carbons (Fsp3) is 0.273. The zero-order chi connectivity index (χ0) is 18.6. The number of benzene rings is 2. The van der Waals surface area contributed by atoms with Crippen LogP contribution in [0.5, 0.6) is 5.75 Å². The van der Waals surface area contributed by atoms with Crippen LogP contribution in [0.3, 0.4) is 0 Å². The summed E-state index contributed by atoms with van der Waals surface area (Å²) in [7, 11) is 1.57. The number of hydrogen-bond donors (Lipinski definition) is 1.